The first kappa shape index (κ1) is 28.2. The molecular weight excluding hydrogens is 441 g/mol. The Morgan fingerprint density at radius 3 is 2.89 bits per heavy atom. The maximum absolute atomic E-state index is 13.1. The number of nitrogens with zero attached hydrogens (tertiary/aromatic N) is 3. The second kappa shape index (κ2) is 14.4. The Kier molecular flexibility index (Phi) is 11.6. The fraction of sp³-hybridized carbons (Fsp3) is 0.400. The Morgan fingerprint density at radius 1 is 1.31 bits per heavy atom. The van der Waals surface area contributed by atoms with Crippen LogP contribution in [-0.4, -0.2) is 55.8 Å². The summed E-state index contributed by atoms with van der Waals surface area (Å²) in [5.74, 6) is 0.175. The summed E-state index contributed by atoms with van der Waals surface area (Å²) in [6.07, 6.45) is 14.5. The van der Waals surface area contributed by atoms with E-state index in [2.05, 4.69) is 33.3 Å². The second-order valence-corrected chi connectivity index (χ2v) is 7.67. The number of amides is 2. The van der Waals surface area contributed by atoms with Gasteiger partial charge in [0.25, 0.3) is 5.91 Å². The van der Waals surface area contributed by atoms with Gasteiger partial charge in [-0.2, -0.15) is 19.4 Å². The van der Waals surface area contributed by atoms with E-state index in [1.807, 2.05) is 25.5 Å². The number of nitrogens with one attached hydrogen (secondary N) is 2. The van der Waals surface area contributed by atoms with Crippen molar-refractivity contribution in [2.24, 2.45) is 10.2 Å². The van der Waals surface area contributed by atoms with Gasteiger partial charge in [0.1, 0.15) is 11.9 Å². The van der Waals surface area contributed by atoms with Gasteiger partial charge in [0.05, 0.1) is 19.3 Å². The van der Waals surface area contributed by atoms with Gasteiger partial charge in [0.15, 0.2) is 0 Å². The normalized spacial score (nSPS) is 16.8. The maximum atomic E-state index is 13.1. The van der Waals surface area contributed by atoms with Crippen molar-refractivity contribution in [1.29, 1.82) is 0 Å². The van der Waals surface area contributed by atoms with Crippen molar-refractivity contribution in [1.82, 2.24) is 15.5 Å². The SMILES string of the molecule is C[CH-]CC[C-]=NN=[C-]C1=CC=CC(NC(=O)c2cc3c(cc2OC)CCN(C(=O)OCC)C3)N1.[Li+]. The molecule has 35 heavy (non-hydrogen) atoms. The Bertz CT molecular complexity index is 1010. The number of methoxy groups -OCH3 is 1. The van der Waals surface area contributed by atoms with E-state index < -0.39 is 6.17 Å². The number of carbonyl (C=O) groups excluding carboxylic acids is 2. The zero-order valence-electron chi connectivity index (χ0n) is 20.8. The van der Waals surface area contributed by atoms with Gasteiger partial charge >= 0.3 is 25.0 Å². The van der Waals surface area contributed by atoms with Gasteiger partial charge < -0.3 is 47.8 Å². The van der Waals surface area contributed by atoms with Crippen molar-refractivity contribution in [3.63, 3.8) is 0 Å². The molecule has 182 valence electrons. The van der Waals surface area contributed by atoms with Crippen molar-refractivity contribution in [3.8, 4) is 5.75 Å². The van der Waals surface area contributed by atoms with Crippen molar-refractivity contribution >= 4 is 24.4 Å². The molecule has 1 aromatic carbocycles. The van der Waals surface area contributed by atoms with Crippen LogP contribution in [0.4, 0.5) is 4.79 Å². The summed E-state index contributed by atoms with van der Waals surface area (Å²) in [6, 6.07) is 3.65. The average Bonchev–Trinajstić information content (AvgIpc) is 2.85. The van der Waals surface area contributed by atoms with Crippen LogP contribution in [-0.2, 0) is 17.7 Å². The predicted molar refractivity (Wildman–Crippen MR) is 130 cm³/mol. The molecule has 2 amide bonds. The molecule has 2 heterocycles. The van der Waals surface area contributed by atoms with Crippen molar-refractivity contribution < 1.29 is 37.9 Å². The van der Waals surface area contributed by atoms with Gasteiger partial charge in [-0.1, -0.05) is 6.08 Å². The van der Waals surface area contributed by atoms with Crippen LogP contribution in [0.3, 0.4) is 0 Å². The quantitative estimate of drug-likeness (QED) is 0.175. The summed E-state index contributed by atoms with van der Waals surface area (Å²) >= 11 is 0. The fourth-order valence-corrected chi connectivity index (χ4v) is 3.58. The number of rotatable bonds is 9. The second-order valence-electron chi connectivity index (χ2n) is 7.67. The molecule has 1 unspecified atom stereocenters. The third-order valence-corrected chi connectivity index (χ3v) is 5.30. The number of allylic oxidation sites excluding steroid dienone is 3. The maximum Gasteiger partial charge on any atom is 1.00 e. The fourth-order valence-electron chi connectivity index (χ4n) is 3.58. The third kappa shape index (κ3) is 8.01. The zero-order chi connectivity index (χ0) is 24.3. The topological polar surface area (TPSA) is 105 Å². The minimum atomic E-state index is -0.463. The van der Waals surface area contributed by atoms with E-state index in [9.17, 15) is 9.59 Å². The summed E-state index contributed by atoms with van der Waals surface area (Å²) in [4.78, 5) is 26.9. The van der Waals surface area contributed by atoms with E-state index in [-0.39, 0.29) is 30.9 Å². The monoisotopic (exact) mass is 471 g/mol. The zero-order valence-corrected chi connectivity index (χ0v) is 20.8. The van der Waals surface area contributed by atoms with Crippen LogP contribution in [0, 0.1) is 6.42 Å². The van der Waals surface area contributed by atoms with Crippen LogP contribution < -0.4 is 34.2 Å². The molecule has 0 saturated heterocycles. The van der Waals surface area contributed by atoms with Crippen LogP contribution in [0.2, 0.25) is 0 Å². The average molecular weight is 471 g/mol. The number of dihydropyridines is 1. The molecule has 0 aromatic heterocycles. The van der Waals surface area contributed by atoms with E-state index in [4.69, 9.17) is 9.47 Å². The molecule has 0 aliphatic carbocycles. The molecule has 1 aromatic rings. The number of benzene rings is 1. The number of unbranched alkanes of at least 4 members (excludes halogenated alkanes) is 2. The van der Waals surface area contributed by atoms with E-state index in [1.54, 1.807) is 30.0 Å². The van der Waals surface area contributed by atoms with Gasteiger partial charge in [0, 0.05) is 13.1 Å². The summed E-state index contributed by atoms with van der Waals surface area (Å²) in [7, 11) is 1.54. The minimum Gasteiger partial charge on any atom is -0.496 e. The van der Waals surface area contributed by atoms with Crippen LogP contribution in [0.1, 0.15) is 48.2 Å². The molecule has 1 atom stereocenters. The molecule has 2 aliphatic rings. The molecule has 0 saturated carbocycles. The standard InChI is InChI=1S/C25H30N5O4.Li/c1-4-6-7-12-26-27-16-20-9-8-10-23(28-20)29-24(31)21-14-19-17-30(25(32)34-5-2)13-11-18(19)15-22(21)33-3;/h4,8-10,14-15,23,28H,5-7,11,13,17H2,1-3H3,(H,29,31);/q-3;+1. The Balaban J connectivity index is 0.00000432. The van der Waals surface area contributed by atoms with Gasteiger partial charge in [-0.25, -0.2) is 11.2 Å². The molecule has 2 aliphatic heterocycles. The summed E-state index contributed by atoms with van der Waals surface area (Å²) in [5, 5.41) is 13.7. The number of ether oxygens (including phenoxy) is 2. The molecule has 0 fully saturated rings. The van der Waals surface area contributed by atoms with Crippen LogP contribution in [0.5, 0.6) is 5.75 Å². The van der Waals surface area contributed by atoms with E-state index >= 15 is 0 Å². The number of hydrogen-bond donors (Lipinski definition) is 2. The molecule has 10 heteroatoms. The molecule has 0 radical (unpaired) electrons. The minimum absolute atomic E-state index is 0. The van der Waals surface area contributed by atoms with Gasteiger partial charge in [-0.15, -0.1) is 18.0 Å². The van der Waals surface area contributed by atoms with Gasteiger partial charge in [0.2, 0.25) is 0 Å². The molecule has 0 spiro atoms. The summed E-state index contributed by atoms with van der Waals surface area (Å²) in [6.45, 7) is 5.02. The van der Waals surface area contributed by atoms with Crippen molar-refractivity contribution in [2.45, 2.75) is 45.8 Å². The summed E-state index contributed by atoms with van der Waals surface area (Å²) in [5.41, 5.74) is 2.92. The molecular formula is C25H30LiN5O4-2. The Morgan fingerprint density at radius 2 is 2.14 bits per heavy atom. The van der Waals surface area contributed by atoms with E-state index in [0.717, 1.165) is 17.5 Å². The smallest absolute Gasteiger partial charge is 0.496 e. The number of hydrogen-bond acceptors (Lipinski definition) is 7. The van der Waals surface area contributed by atoms with Crippen molar-refractivity contribution in [3.05, 3.63) is 59.2 Å². The summed E-state index contributed by atoms with van der Waals surface area (Å²) < 4.78 is 10.6. The number of carbonyl (C=O) groups is 2. The van der Waals surface area contributed by atoms with Crippen LogP contribution in [0.25, 0.3) is 0 Å². The van der Waals surface area contributed by atoms with Crippen LogP contribution in [0.15, 0.2) is 46.3 Å². The first-order chi connectivity index (χ1) is 16.5. The third-order valence-electron chi connectivity index (χ3n) is 5.30. The molecule has 9 nitrogen and oxygen atoms in total. The first-order valence-electron chi connectivity index (χ1n) is 11.3. The Labute approximate surface area is 218 Å². The number of fused-ring (bicyclic) bond motifs is 1. The molecule has 0 bridgehead atoms. The van der Waals surface area contributed by atoms with E-state index in [1.165, 1.54) is 7.11 Å². The molecule has 2 N–H and O–H groups in total. The van der Waals surface area contributed by atoms with E-state index in [0.29, 0.717) is 49.5 Å². The predicted octanol–water partition coefficient (Wildman–Crippen LogP) is 0.128. The van der Waals surface area contributed by atoms with Crippen molar-refractivity contribution in [2.75, 3.05) is 20.3 Å². The van der Waals surface area contributed by atoms with Gasteiger partial charge in [-0.3, -0.25) is 4.79 Å². The Hall–Kier alpha value is -3.02. The van der Waals surface area contributed by atoms with Gasteiger partial charge in [-0.05, 0) is 36.6 Å². The molecule has 3 rings (SSSR count). The van der Waals surface area contributed by atoms with Crippen LogP contribution >= 0.6 is 0 Å². The largest absolute Gasteiger partial charge is 1.00 e. The first-order valence-corrected chi connectivity index (χ1v) is 11.3.